The van der Waals surface area contributed by atoms with Gasteiger partial charge in [0.05, 0.1) is 19.8 Å². The largest absolute Gasteiger partial charge is 0.497 e. The Hall–Kier alpha value is -2.62. The van der Waals surface area contributed by atoms with Gasteiger partial charge in [-0.3, -0.25) is 9.59 Å². The van der Waals surface area contributed by atoms with Crippen LogP contribution in [0.5, 0.6) is 11.5 Å². The Kier molecular flexibility index (Phi) is 4.94. The summed E-state index contributed by atoms with van der Waals surface area (Å²) < 4.78 is 10.4. The minimum absolute atomic E-state index is 0.0401. The summed E-state index contributed by atoms with van der Waals surface area (Å²) in [5.74, 6) is 1.04. The highest BCUT2D eigenvalue weighted by molar-refractivity contribution is 6.00. The minimum atomic E-state index is -0.0874. The number of Topliss-reactive ketones (excluding diaryl/α,β-unsaturated/α-hetero) is 2. The molecule has 4 nitrogen and oxygen atoms in total. The van der Waals surface area contributed by atoms with Crippen LogP contribution in [0.3, 0.4) is 0 Å². The maximum Gasteiger partial charge on any atom is 0.167 e. The van der Waals surface area contributed by atoms with Crippen LogP contribution in [0.4, 0.5) is 0 Å². The molecule has 0 atom stereocenters. The zero-order chi connectivity index (χ0) is 16.1. The molecule has 4 heteroatoms. The lowest BCUT2D eigenvalue weighted by atomic mass is 9.99. The van der Waals surface area contributed by atoms with Gasteiger partial charge in [0.2, 0.25) is 0 Å². The predicted molar refractivity (Wildman–Crippen MR) is 84.0 cm³/mol. The number of rotatable bonds is 6. The van der Waals surface area contributed by atoms with Gasteiger partial charge in [0.15, 0.2) is 11.6 Å². The van der Waals surface area contributed by atoms with E-state index in [0.717, 1.165) is 0 Å². The number of carbonyl (C=O) groups excluding carboxylic acids is 2. The third kappa shape index (κ3) is 3.34. The average molecular weight is 298 g/mol. The molecule has 0 saturated carbocycles. The van der Waals surface area contributed by atoms with Gasteiger partial charge in [-0.2, -0.15) is 0 Å². The van der Waals surface area contributed by atoms with Crippen LogP contribution in [0.2, 0.25) is 0 Å². The molecule has 2 aromatic carbocycles. The van der Waals surface area contributed by atoms with Crippen molar-refractivity contribution in [2.24, 2.45) is 0 Å². The second-order valence-electron chi connectivity index (χ2n) is 4.88. The summed E-state index contributed by atoms with van der Waals surface area (Å²) in [7, 11) is 3.08. The monoisotopic (exact) mass is 298 g/mol. The van der Waals surface area contributed by atoms with Crippen LogP contribution < -0.4 is 9.47 Å². The Bertz CT molecular complexity index is 687. The van der Waals surface area contributed by atoms with E-state index in [0.29, 0.717) is 28.2 Å². The quantitative estimate of drug-likeness (QED) is 0.768. The minimum Gasteiger partial charge on any atom is -0.497 e. The molecule has 0 N–H and O–H groups in total. The number of para-hydroxylation sites is 1. The smallest absolute Gasteiger partial charge is 0.167 e. The highest BCUT2D eigenvalue weighted by Crippen LogP contribution is 2.26. The van der Waals surface area contributed by atoms with E-state index in [1.807, 2.05) is 0 Å². The van der Waals surface area contributed by atoms with E-state index in [2.05, 4.69) is 0 Å². The maximum atomic E-state index is 12.4. The summed E-state index contributed by atoms with van der Waals surface area (Å²) in [6.45, 7) is 1.48. The molecular weight excluding hydrogens is 280 g/mol. The van der Waals surface area contributed by atoms with Gasteiger partial charge < -0.3 is 9.47 Å². The lowest BCUT2D eigenvalue weighted by Gasteiger charge is -2.11. The normalized spacial score (nSPS) is 10.1. The van der Waals surface area contributed by atoms with Crippen LogP contribution in [0.15, 0.2) is 42.5 Å². The van der Waals surface area contributed by atoms with E-state index in [4.69, 9.17) is 9.47 Å². The van der Waals surface area contributed by atoms with Gasteiger partial charge >= 0.3 is 0 Å². The van der Waals surface area contributed by atoms with Crippen molar-refractivity contribution in [2.75, 3.05) is 14.2 Å². The number of methoxy groups -OCH3 is 2. The lowest BCUT2D eigenvalue weighted by Crippen LogP contribution is -2.07. The van der Waals surface area contributed by atoms with E-state index < -0.39 is 0 Å². The second kappa shape index (κ2) is 6.89. The standard InChI is InChI=1S/C18H18O4/c1-12(19)16-6-4-5-14(18(16)22-3)11-17(20)13-7-9-15(21-2)10-8-13/h4-10H,11H2,1-3H3. The first-order valence-corrected chi connectivity index (χ1v) is 6.91. The molecule has 2 rings (SSSR count). The molecule has 0 aromatic heterocycles. The Balaban J connectivity index is 2.27. The van der Waals surface area contributed by atoms with Crippen LogP contribution in [0.25, 0.3) is 0 Å². The topological polar surface area (TPSA) is 52.6 Å². The van der Waals surface area contributed by atoms with Gasteiger partial charge in [0.25, 0.3) is 0 Å². The SMILES string of the molecule is COc1ccc(C(=O)Cc2cccc(C(C)=O)c2OC)cc1. The van der Waals surface area contributed by atoms with Crippen molar-refractivity contribution in [1.82, 2.24) is 0 Å². The second-order valence-corrected chi connectivity index (χ2v) is 4.88. The zero-order valence-corrected chi connectivity index (χ0v) is 12.9. The van der Waals surface area contributed by atoms with Crippen LogP contribution in [0, 0.1) is 0 Å². The molecule has 0 heterocycles. The number of hydrogen-bond acceptors (Lipinski definition) is 4. The molecule has 0 amide bonds. The Morgan fingerprint density at radius 3 is 2.18 bits per heavy atom. The first kappa shape index (κ1) is 15.8. The number of hydrogen-bond donors (Lipinski definition) is 0. The summed E-state index contributed by atoms with van der Waals surface area (Å²) in [6.07, 6.45) is 0.177. The molecule has 0 aliphatic heterocycles. The lowest BCUT2D eigenvalue weighted by molar-refractivity contribution is 0.0985. The fourth-order valence-corrected chi connectivity index (χ4v) is 2.29. The van der Waals surface area contributed by atoms with E-state index in [9.17, 15) is 9.59 Å². The molecule has 114 valence electrons. The summed E-state index contributed by atoms with van der Waals surface area (Å²) in [6, 6.07) is 12.2. The third-order valence-corrected chi connectivity index (χ3v) is 3.44. The van der Waals surface area contributed by atoms with Gasteiger partial charge in [-0.05, 0) is 37.3 Å². The van der Waals surface area contributed by atoms with Crippen LogP contribution in [0.1, 0.15) is 33.2 Å². The van der Waals surface area contributed by atoms with Crippen molar-refractivity contribution in [3.63, 3.8) is 0 Å². The molecule has 0 spiro atoms. The fourth-order valence-electron chi connectivity index (χ4n) is 2.29. The number of carbonyl (C=O) groups is 2. The molecule has 0 aliphatic rings. The first-order valence-electron chi connectivity index (χ1n) is 6.91. The summed E-state index contributed by atoms with van der Waals surface area (Å²) in [5, 5.41) is 0. The molecule has 0 bridgehead atoms. The van der Waals surface area contributed by atoms with Gasteiger partial charge in [-0.15, -0.1) is 0 Å². The molecular formula is C18H18O4. The van der Waals surface area contributed by atoms with Gasteiger partial charge in [0.1, 0.15) is 11.5 Å². The molecule has 0 fully saturated rings. The fraction of sp³-hybridized carbons (Fsp3) is 0.222. The Morgan fingerprint density at radius 2 is 1.64 bits per heavy atom. The molecule has 22 heavy (non-hydrogen) atoms. The molecule has 0 saturated heterocycles. The number of ketones is 2. The third-order valence-electron chi connectivity index (χ3n) is 3.44. The van der Waals surface area contributed by atoms with Crippen molar-refractivity contribution < 1.29 is 19.1 Å². The van der Waals surface area contributed by atoms with Crippen molar-refractivity contribution in [1.29, 1.82) is 0 Å². The average Bonchev–Trinajstić information content (AvgIpc) is 2.54. The van der Waals surface area contributed by atoms with Crippen LogP contribution >= 0.6 is 0 Å². The van der Waals surface area contributed by atoms with E-state index in [-0.39, 0.29) is 18.0 Å². The number of ether oxygens (including phenoxy) is 2. The molecule has 2 aromatic rings. The Labute approximate surface area is 129 Å². The van der Waals surface area contributed by atoms with Gasteiger partial charge in [0, 0.05) is 17.5 Å². The Morgan fingerprint density at radius 1 is 0.955 bits per heavy atom. The molecule has 0 aliphatic carbocycles. The summed E-state index contributed by atoms with van der Waals surface area (Å²) in [4.78, 5) is 24.0. The van der Waals surface area contributed by atoms with E-state index >= 15 is 0 Å². The van der Waals surface area contributed by atoms with Crippen molar-refractivity contribution in [3.05, 3.63) is 59.2 Å². The summed E-state index contributed by atoms with van der Waals surface area (Å²) >= 11 is 0. The number of benzene rings is 2. The van der Waals surface area contributed by atoms with Crippen LogP contribution in [-0.2, 0) is 6.42 Å². The van der Waals surface area contributed by atoms with Gasteiger partial charge in [-0.25, -0.2) is 0 Å². The van der Waals surface area contributed by atoms with Crippen molar-refractivity contribution in [3.8, 4) is 11.5 Å². The maximum absolute atomic E-state index is 12.4. The predicted octanol–water partition coefficient (Wildman–Crippen LogP) is 3.33. The van der Waals surface area contributed by atoms with E-state index in [1.165, 1.54) is 14.0 Å². The van der Waals surface area contributed by atoms with Crippen molar-refractivity contribution in [2.45, 2.75) is 13.3 Å². The highest BCUT2D eigenvalue weighted by Gasteiger charge is 2.15. The molecule has 0 radical (unpaired) electrons. The first-order chi connectivity index (χ1) is 10.6. The summed E-state index contributed by atoms with van der Waals surface area (Å²) in [5.41, 5.74) is 1.79. The van der Waals surface area contributed by atoms with E-state index in [1.54, 1.807) is 49.6 Å². The van der Waals surface area contributed by atoms with Crippen molar-refractivity contribution >= 4 is 11.6 Å². The molecule has 0 unspecified atom stereocenters. The van der Waals surface area contributed by atoms with Gasteiger partial charge in [-0.1, -0.05) is 12.1 Å². The highest BCUT2D eigenvalue weighted by atomic mass is 16.5. The van der Waals surface area contributed by atoms with Crippen LogP contribution in [-0.4, -0.2) is 25.8 Å². The zero-order valence-electron chi connectivity index (χ0n) is 12.9.